The molecule has 19 heavy (non-hydrogen) atoms. The van der Waals surface area contributed by atoms with Crippen LogP contribution in [0.4, 0.5) is 0 Å². The molecule has 3 N–H and O–H groups in total. The number of hydrogen-bond acceptors (Lipinski definition) is 4. The lowest BCUT2D eigenvalue weighted by atomic mass is 10.2. The van der Waals surface area contributed by atoms with Crippen molar-refractivity contribution in [2.45, 2.75) is 25.4 Å². The Morgan fingerprint density at radius 1 is 1.58 bits per heavy atom. The largest absolute Gasteiger partial charge is 0.476 e. The average molecular weight is 266 g/mol. The lowest BCUT2D eigenvalue weighted by Gasteiger charge is -2.10. The molecule has 1 aliphatic rings. The van der Waals surface area contributed by atoms with Gasteiger partial charge in [-0.2, -0.15) is 0 Å². The first kappa shape index (κ1) is 13.1. The summed E-state index contributed by atoms with van der Waals surface area (Å²) in [5.74, 6) is -1.42. The Balaban J connectivity index is 1.75. The molecule has 1 saturated heterocycles. The molecule has 0 unspecified atom stereocenters. The molecule has 0 spiro atoms. The van der Waals surface area contributed by atoms with Crippen LogP contribution in [0.3, 0.4) is 0 Å². The van der Waals surface area contributed by atoms with Crippen LogP contribution in [0.15, 0.2) is 12.5 Å². The number of aromatic carboxylic acids is 1. The summed E-state index contributed by atoms with van der Waals surface area (Å²) in [5.41, 5.74) is -0.0330. The summed E-state index contributed by atoms with van der Waals surface area (Å²) in [6.07, 6.45) is 3.68. The van der Waals surface area contributed by atoms with Crippen LogP contribution in [-0.2, 0) is 16.1 Å². The van der Waals surface area contributed by atoms with Gasteiger partial charge in [0.25, 0.3) is 0 Å². The maximum Gasteiger partial charge on any atom is 0.356 e. The molecular weight excluding hydrogens is 252 g/mol. The predicted molar refractivity (Wildman–Crippen MR) is 63.4 cm³/mol. The van der Waals surface area contributed by atoms with Gasteiger partial charge in [-0.05, 0) is 6.42 Å². The minimum absolute atomic E-state index is 0.0330. The zero-order valence-corrected chi connectivity index (χ0v) is 10.1. The average Bonchev–Trinajstić information content (AvgIpc) is 2.98. The number of carbonyl (C=O) groups excluding carboxylic acids is 2. The number of rotatable bonds is 5. The molecule has 8 heteroatoms. The first-order valence-corrected chi connectivity index (χ1v) is 5.88. The van der Waals surface area contributed by atoms with E-state index in [0.29, 0.717) is 25.9 Å². The third kappa shape index (κ3) is 3.30. The molecule has 1 aromatic rings. The number of nitrogens with zero attached hydrogens (tertiary/aromatic N) is 2. The van der Waals surface area contributed by atoms with E-state index in [0.717, 1.165) is 0 Å². The van der Waals surface area contributed by atoms with E-state index in [4.69, 9.17) is 5.11 Å². The van der Waals surface area contributed by atoms with Gasteiger partial charge in [0.15, 0.2) is 5.69 Å². The summed E-state index contributed by atoms with van der Waals surface area (Å²) < 4.78 is 1.58. The van der Waals surface area contributed by atoms with E-state index >= 15 is 0 Å². The maximum absolute atomic E-state index is 11.6. The highest BCUT2D eigenvalue weighted by Crippen LogP contribution is 2.06. The summed E-state index contributed by atoms with van der Waals surface area (Å²) in [6.45, 7) is 0.771. The van der Waals surface area contributed by atoms with Gasteiger partial charge >= 0.3 is 5.97 Å². The predicted octanol–water partition coefficient (Wildman–Crippen LogP) is -1.02. The van der Waals surface area contributed by atoms with Crippen molar-refractivity contribution in [3.63, 3.8) is 0 Å². The number of amides is 2. The van der Waals surface area contributed by atoms with Crippen LogP contribution in [0.25, 0.3) is 0 Å². The van der Waals surface area contributed by atoms with Crippen LogP contribution in [0.2, 0.25) is 0 Å². The van der Waals surface area contributed by atoms with Crippen molar-refractivity contribution in [2.75, 3.05) is 6.54 Å². The number of imidazole rings is 1. The first-order valence-electron chi connectivity index (χ1n) is 5.88. The van der Waals surface area contributed by atoms with Gasteiger partial charge in [-0.15, -0.1) is 0 Å². The molecule has 1 fully saturated rings. The maximum atomic E-state index is 11.6. The van der Waals surface area contributed by atoms with Crippen molar-refractivity contribution in [2.24, 2.45) is 0 Å². The minimum atomic E-state index is -1.09. The summed E-state index contributed by atoms with van der Waals surface area (Å²) in [7, 11) is 0. The third-order valence-electron chi connectivity index (χ3n) is 2.83. The van der Waals surface area contributed by atoms with Gasteiger partial charge in [-0.25, -0.2) is 9.78 Å². The fraction of sp³-hybridized carbons (Fsp3) is 0.455. The van der Waals surface area contributed by atoms with Gasteiger partial charge in [0.05, 0.1) is 6.33 Å². The van der Waals surface area contributed by atoms with E-state index in [-0.39, 0.29) is 17.5 Å². The van der Waals surface area contributed by atoms with Gasteiger partial charge in [0, 0.05) is 25.7 Å². The van der Waals surface area contributed by atoms with Gasteiger partial charge in [0.2, 0.25) is 11.8 Å². The lowest BCUT2D eigenvalue weighted by molar-refractivity contribution is -0.125. The highest BCUT2D eigenvalue weighted by atomic mass is 16.4. The molecule has 102 valence electrons. The second kappa shape index (κ2) is 5.51. The highest BCUT2D eigenvalue weighted by Gasteiger charge is 2.26. The zero-order valence-electron chi connectivity index (χ0n) is 10.1. The first-order chi connectivity index (χ1) is 9.06. The number of nitrogens with one attached hydrogen (secondary N) is 2. The van der Waals surface area contributed by atoms with Crippen LogP contribution >= 0.6 is 0 Å². The zero-order chi connectivity index (χ0) is 13.8. The van der Waals surface area contributed by atoms with E-state index in [1.165, 1.54) is 12.5 Å². The van der Waals surface area contributed by atoms with Crippen molar-refractivity contribution < 1.29 is 19.5 Å². The summed E-state index contributed by atoms with van der Waals surface area (Å²) in [6, 6.07) is -0.454. The second-order valence-corrected chi connectivity index (χ2v) is 4.25. The molecule has 0 radical (unpaired) electrons. The van der Waals surface area contributed by atoms with Crippen LogP contribution in [0.5, 0.6) is 0 Å². The van der Waals surface area contributed by atoms with Crippen molar-refractivity contribution >= 4 is 17.8 Å². The van der Waals surface area contributed by atoms with Crippen molar-refractivity contribution in [1.82, 2.24) is 20.2 Å². The standard InChI is InChI=1S/C11H14N4O4/c16-9-2-1-7(14-9)10(17)12-3-4-15-5-8(11(18)19)13-6-15/h5-7H,1-4H2,(H,12,17)(H,14,16)(H,18,19)/t7-/m0/s1. The molecular formula is C11H14N4O4. The highest BCUT2D eigenvalue weighted by molar-refractivity contribution is 5.90. The molecule has 1 atom stereocenters. The molecule has 2 amide bonds. The second-order valence-electron chi connectivity index (χ2n) is 4.25. The number of carbonyl (C=O) groups is 3. The molecule has 0 aromatic carbocycles. The molecule has 1 aromatic heterocycles. The molecule has 2 rings (SSSR count). The van der Waals surface area contributed by atoms with Crippen molar-refractivity contribution in [3.8, 4) is 0 Å². The summed E-state index contributed by atoms with van der Waals surface area (Å²) in [4.78, 5) is 36.9. The Labute approximate surface area is 108 Å². The van der Waals surface area contributed by atoms with Gasteiger partial charge in [-0.3, -0.25) is 9.59 Å². The molecule has 1 aliphatic heterocycles. The van der Waals surface area contributed by atoms with E-state index in [9.17, 15) is 14.4 Å². The van der Waals surface area contributed by atoms with Crippen LogP contribution in [0, 0.1) is 0 Å². The molecule has 0 saturated carbocycles. The Morgan fingerprint density at radius 2 is 2.37 bits per heavy atom. The van der Waals surface area contributed by atoms with E-state index < -0.39 is 12.0 Å². The Bertz CT molecular complexity index is 511. The summed E-state index contributed by atoms with van der Waals surface area (Å²) in [5, 5.41) is 14.0. The van der Waals surface area contributed by atoms with Crippen LogP contribution in [0.1, 0.15) is 23.3 Å². The normalized spacial score (nSPS) is 18.1. The van der Waals surface area contributed by atoms with Gasteiger partial charge in [0.1, 0.15) is 6.04 Å². The van der Waals surface area contributed by atoms with E-state index in [2.05, 4.69) is 15.6 Å². The quantitative estimate of drug-likeness (QED) is 0.631. The fourth-order valence-electron chi connectivity index (χ4n) is 1.83. The van der Waals surface area contributed by atoms with E-state index in [1.54, 1.807) is 4.57 Å². The van der Waals surface area contributed by atoms with Crippen molar-refractivity contribution in [1.29, 1.82) is 0 Å². The third-order valence-corrected chi connectivity index (χ3v) is 2.83. The van der Waals surface area contributed by atoms with Gasteiger partial charge < -0.3 is 20.3 Å². The number of carboxylic acids is 1. The minimum Gasteiger partial charge on any atom is -0.476 e. The molecule has 2 heterocycles. The topological polar surface area (TPSA) is 113 Å². The number of hydrogen-bond donors (Lipinski definition) is 3. The van der Waals surface area contributed by atoms with E-state index in [1.807, 2.05) is 0 Å². The summed E-state index contributed by atoms with van der Waals surface area (Å²) >= 11 is 0. The molecule has 8 nitrogen and oxygen atoms in total. The number of aromatic nitrogens is 2. The van der Waals surface area contributed by atoms with Crippen LogP contribution < -0.4 is 10.6 Å². The van der Waals surface area contributed by atoms with Gasteiger partial charge in [-0.1, -0.05) is 0 Å². The molecule has 0 bridgehead atoms. The van der Waals surface area contributed by atoms with Crippen LogP contribution in [-0.4, -0.2) is 45.0 Å². The Kier molecular flexibility index (Phi) is 3.79. The lowest BCUT2D eigenvalue weighted by Crippen LogP contribution is -2.42. The Hall–Kier alpha value is -2.38. The molecule has 0 aliphatic carbocycles. The smallest absolute Gasteiger partial charge is 0.356 e. The Morgan fingerprint density at radius 3 is 2.95 bits per heavy atom. The number of carboxylic acid groups (broad SMARTS) is 1. The SMILES string of the molecule is O=C1CC[C@@H](C(=O)NCCn2cnc(C(=O)O)c2)N1. The monoisotopic (exact) mass is 266 g/mol. The fourth-order valence-corrected chi connectivity index (χ4v) is 1.83. The van der Waals surface area contributed by atoms with Crippen molar-refractivity contribution in [3.05, 3.63) is 18.2 Å².